The molecule has 2 rings (SSSR count). The molecule has 0 bridgehead atoms. The molecule has 94 valence electrons. The van der Waals surface area contributed by atoms with E-state index in [9.17, 15) is 0 Å². The van der Waals surface area contributed by atoms with E-state index in [1.165, 1.54) is 24.8 Å². The Morgan fingerprint density at radius 2 is 2.18 bits per heavy atom. The molecule has 1 aromatic carbocycles. The second kappa shape index (κ2) is 5.88. The smallest absolute Gasteiger partial charge is 0.0408 e. The number of benzene rings is 1. The minimum absolute atomic E-state index is 0.583. The lowest BCUT2D eigenvalue weighted by Gasteiger charge is -2.24. The summed E-state index contributed by atoms with van der Waals surface area (Å²) in [6.07, 6.45) is 3.91. The summed E-state index contributed by atoms with van der Waals surface area (Å²) < 4.78 is 0. The Bertz CT molecular complexity index is 360. The van der Waals surface area contributed by atoms with Crippen LogP contribution in [0.4, 0.5) is 0 Å². The van der Waals surface area contributed by atoms with E-state index in [0.29, 0.717) is 11.8 Å². The Kier molecular flexibility index (Phi) is 4.47. The van der Waals surface area contributed by atoms with Crippen molar-refractivity contribution in [3.05, 3.63) is 34.9 Å². The summed E-state index contributed by atoms with van der Waals surface area (Å²) in [5, 5.41) is 4.50. The summed E-state index contributed by atoms with van der Waals surface area (Å²) in [5.41, 5.74) is 1.38. The Labute approximate surface area is 110 Å². The van der Waals surface area contributed by atoms with Crippen molar-refractivity contribution in [2.75, 3.05) is 6.54 Å². The molecular weight excluding hydrogens is 230 g/mol. The van der Waals surface area contributed by atoms with Crippen molar-refractivity contribution >= 4 is 11.6 Å². The SMILES string of the molecule is CCC(C)C(CNC1CC1)c1cccc(Cl)c1. The molecule has 2 unspecified atom stereocenters. The van der Waals surface area contributed by atoms with E-state index in [2.05, 4.69) is 37.4 Å². The average Bonchev–Trinajstić information content (AvgIpc) is 3.13. The third-order valence-electron chi connectivity index (χ3n) is 3.81. The van der Waals surface area contributed by atoms with Crippen molar-refractivity contribution in [3.63, 3.8) is 0 Å². The van der Waals surface area contributed by atoms with Crippen molar-refractivity contribution in [1.82, 2.24) is 5.32 Å². The lowest BCUT2D eigenvalue weighted by Crippen LogP contribution is -2.27. The molecule has 0 heterocycles. The summed E-state index contributed by atoms with van der Waals surface area (Å²) in [6.45, 7) is 5.68. The first-order chi connectivity index (χ1) is 8.20. The first kappa shape index (κ1) is 12.9. The molecule has 1 aliphatic rings. The minimum Gasteiger partial charge on any atom is -0.313 e. The minimum atomic E-state index is 0.583. The zero-order chi connectivity index (χ0) is 12.3. The lowest BCUT2D eigenvalue weighted by molar-refractivity contribution is 0.419. The van der Waals surface area contributed by atoms with Crippen LogP contribution in [0.1, 0.15) is 44.6 Å². The predicted molar refractivity (Wildman–Crippen MR) is 74.7 cm³/mol. The summed E-state index contributed by atoms with van der Waals surface area (Å²) in [5.74, 6) is 1.28. The van der Waals surface area contributed by atoms with Crippen molar-refractivity contribution in [2.45, 2.75) is 45.1 Å². The molecule has 1 aliphatic carbocycles. The van der Waals surface area contributed by atoms with E-state index in [0.717, 1.165) is 17.6 Å². The molecule has 0 radical (unpaired) electrons. The summed E-state index contributed by atoms with van der Waals surface area (Å²) >= 11 is 6.09. The molecule has 0 amide bonds. The second-order valence-corrected chi connectivity index (χ2v) is 5.67. The van der Waals surface area contributed by atoms with Crippen LogP contribution in [0, 0.1) is 5.92 Å². The topological polar surface area (TPSA) is 12.0 Å². The monoisotopic (exact) mass is 251 g/mol. The van der Waals surface area contributed by atoms with Gasteiger partial charge in [-0.25, -0.2) is 0 Å². The van der Waals surface area contributed by atoms with Gasteiger partial charge in [0.2, 0.25) is 0 Å². The molecule has 0 aliphatic heterocycles. The first-order valence-corrected chi connectivity index (χ1v) is 7.07. The Balaban J connectivity index is 2.07. The van der Waals surface area contributed by atoms with Crippen LogP contribution in [0.2, 0.25) is 5.02 Å². The van der Waals surface area contributed by atoms with Crippen molar-refractivity contribution < 1.29 is 0 Å². The number of hydrogen-bond donors (Lipinski definition) is 1. The number of halogens is 1. The van der Waals surface area contributed by atoms with Gasteiger partial charge < -0.3 is 5.32 Å². The van der Waals surface area contributed by atoms with Gasteiger partial charge in [0, 0.05) is 17.6 Å². The summed E-state index contributed by atoms with van der Waals surface area (Å²) in [4.78, 5) is 0. The molecule has 2 atom stereocenters. The summed E-state index contributed by atoms with van der Waals surface area (Å²) in [6, 6.07) is 9.11. The van der Waals surface area contributed by atoms with Gasteiger partial charge in [0.25, 0.3) is 0 Å². The highest BCUT2D eigenvalue weighted by Gasteiger charge is 2.24. The maximum absolute atomic E-state index is 6.09. The van der Waals surface area contributed by atoms with Gasteiger partial charge in [-0.3, -0.25) is 0 Å². The normalized spacial score (nSPS) is 19.0. The van der Waals surface area contributed by atoms with Crippen LogP contribution in [-0.2, 0) is 0 Å². The third kappa shape index (κ3) is 3.72. The molecule has 1 nitrogen and oxygen atoms in total. The van der Waals surface area contributed by atoms with Gasteiger partial charge in [-0.05, 0) is 42.4 Å². The molecule has 2 heteroatoms. The zero-order valence-corrected chi connectivity index (χ0v) is 11.5. The van der Waals surface area contributed by atoms with Crippen LogP contribution in [0.3, 0.4) is 0 Å². The Morgan fingerprint density at radius 1 is 1.41 bits per heavy atom. The third-order valence-corrected chi connectivity index (χ3v) is 4.05. The standard InChI is InChI=1S/C15H22ClN/c1-3-11(2)15(10-17-14-7-8-14)12-5-4-6-13(16)9-12/h4-6,9,11,14-15,17H,3,7-8,10H2,1-2H3. The van der Waals surface area contributed by atoms with Gasteiger partial charge in [-0.2, -0.15) is 0 Å². The van der Waals surface area contributed by atoms with E-state index < -0.39 is 0 Å². The fraction of sp³-hybridized carbons (Fsp3) is 0.600. The molecule has 0 spiro atoms. The molecule has 1 aromatic rings. The van der Waals surface area contributed by atoms with E-state index in [1.807, 2.05) is 6.07 Å². The highest BCUT2D eigenvalue weighted by atomic mass is 35.5. The molecule has 1 fully saturated rings. The van der Waals surface area contributed by atoms with Crippen LogP contribution in [0.5, 0.6) is 0 Å². The van der Waals surface area contributed by atoms with Crippen LogP contribution < -0.4 is 5.32 Å². The predicted octanol–water partition coefficient (Wildman–Crippen LogP) is 4.22. The first-order valence-electron chi connectivity index (χ1n) is 6.69. The molecular formula is C15H22ClN. The van der Waals surface area contributed by atoms with Crippen molar-refractivity contribution in [2.24, 2.45) is 5.92 Å². The fourth-order valence-corrected chi connectivity index (χ4v) is 2.45. The van der Waals surface area contributed by atoms with Gasteiger partial charge in [-0.15, -0.1) is 0 Å². The highest BCUT2D eigenvalue weighted by Crippen LogP contribution is 2.29. The number of nitrogens with one attached hydrogen (secondary N) is 1. The molecule has 0 aromatic heterocycles. The van der Waals surface area contributed by atoms with Crippen LogP contribution >= 0.6 is 11.6 Å². The molecule has 1 saturated carbocycles. The van der Waals surface area contributed by atoms with Crippen LogP contribution in [-0.4, -0.2) is 12.6 Å². The second-order valence-electron chi connectivity index (χ2n) is 5.23. The van der Waals surface area contributed by atoms with E-state index in [1.54, 1.807) is 0 Å². The van der Waals surface area contributed by atoms with E-state index >= 15 is 0 Å². The number of rotatable bonds is 6. The van der Waals surface area contributed by atoms with Crippen molar-refractivity contribution in [3.8, 4) is 0 Å². The van der Waals surface area contributed by atoms with Gasteiger partial charge in [-0.1, -0.05) is 44.0 Å². The molecule has 1 N–H and O–H groups in total. The zero-order valence-electron chi connectivity index (χ0n) is 10.7. The number of hydrogen-bond acceptors (Lipinski definition) is 1. The Morgan fingerprint density at radius 3 is 2.76 bits per heavy atom. The van der Waals surface area contributed by atoms with Gasteiger partial charge >= 0.3 is 0 Å². The Hall–Kier alpha value is -0.530. The van der Waals surface area contributed by atoms with Crippen LogP contribution in [0.15, 0.2) is 24.3 Å². The maximum atomic E-state index is 6.09. The van der Waals surface area contributed by atoms with E-state index in [-0.39, 0.29) is 0 Å². The highest BCUT2D eigenvalue weighted by molar-refractivity contribution is 6.30. The van der Waals surface area contributed by atoms with E-state index in [4.69, 9.17) is 11.6 Å². The summed E-state index contributed by atoms with van der Waals surface area (Å²) in [7, 11) is 0. The van der Waals surface area contributed by atoms with Gasteiger partial charge in [0.05, 0.1) is 0 Å². The van der Waals surface area contributed by atoms with Gasteiger partial charge in [0.15, 0.2) is 0 Å². The molecule has 17 heavy (non-hydrogen) atoms. The molecule has 0 saturated heterocycles. The largest absolute Gasteiger partial charge is 0.313 e. The average molecular weight is 252 g/mol. The quantitative estimate of drug-likeness (QED) is 0.798. The fourth-order valence-electron chi connectivity index (χ4n) is 2.25. The van der Waals surface area contributed by atoms with Crippen molar-refractivity contribution in [1.29, 1.82) is 0 Å². The lowest BCUT2D eigenvalue weighted by atomic mass is 9.85. The van der Waals surface area contributed by atoms with Gasteiger partial charge in [0.1, 0.15) is 0 Å². The maximum Gasteiger partial charge on any atom is 0.0408 e. The van der Waals surface area contributed by atoms with Crippen LogP contribution in [0.25, 0.3) is 0 Å².